The first-order valence-electron chi connectivity index (χ1n) is 8.49. The predicted molar refractivity (Wildman–Crippen MR) is 100 cm³/mol. The van der Waals surface area contributed by atoms with Crippen LogP contribution >= 0.6 is 0 Å². The van der Waals surface area contributed by atoms with E-state index in [0.29, 0.717) is 0 Å². The number of benzene rings is 1. The molecule has 2 nitrogen and oxygen atoms in total. The van der Waals surface area contributed by atoms with Crippen molar-refractivity contribution in [2.24, 2.45) is 0 Å². The van der Waals surface area contributed by atoms with Crippen molar-refractivity contribution in [1.29, 1.82) is 0 Å². The highest BCUT2D eigenvalue weighted by Gasteiger charge is 2.36. The molecule has 0 spiro atoms. The second-order valence-electron chi connectivity index (χ2n) is 7.78. The fourth-order valence-electron chi connectivity index (χ4n) is 2.38. The average molecular weight is 331 g/mol. The van der Waals surface area contributed by atoms with Crippen LogP contribution in [0.5, 0.6) is 0 Å². The number of aryl methyl sites for hydroxylation is 1. The highest BCUT2D eigenvalue weighted by molar-refractivity contribution is 6.74. The number of furan rings is 1. The molecule has 0 saturated heterocycles. The molecule has 1 aromatic heterocycles. The lowest BCUT2D eigenvalue weighted by molar-refractivity contribution is 0.279. The molecule has 0 aliphatic heterocycles. The van der Waals surface area contributed by atoms with E-state index < -0.39 is 8.32 Å². The Hall–Kier alpha value is -1.32. The minimum atomic E-state index is -1.63. The molecule has 0 unspecified atom stereocenters. The van der Waals surface area contributed by atoms with Gasteiger partial charge in [0.05, 0.1) is 6.26 Å². The van der Waals surface area contributed by atoms with Gasteiger partial charge in [0.25, 0.3) is 0 Å². The van der Waals surface area contributed by atoms with Gasteiger partial charge >= 0.3 is 0 Å². The van der Waals surface area contributed by atoms with Crippen LogP contribution in [0.3, 0.4) is 0 Å². The van der Waals surface area contributed by atoms with Crippen molar-refractivity contribution in [2.75, 3.05) is 6.61 Å². The van der Waals surface area contributed by atoms with Crippen LogP contribution < -0.4 is 0 Å². The molecule has 2 aromatic rings. The van der Waals surface area contributed by atoms with Gasteiger partial charge in [0.2, 0.25) is 0 Å². The fourth-order valence-corrected chi connectivity index (χ4v) is 3.47. The quantitative estimate of drug-likeness (QED) is 0.464. The molecule has 1 aromatic carbocycles. The molecule has 0 bridgehead atoms. The van der Waals surface area contributed by atoms with Gasteiger partial charge in [0.15, 0.2) is 8.32 Å². The molecule has 0 radical (unpaired) electrons. The van der Waals surface area contributed by atoms with Crippen molar-refractivity contribution >= 4 is 8.32 Å². The number of hydrogen-bond donors (Lipinski definition) is 0. The maximum atomic E-state index is 6.24. The molecule has 126 valence electrons. The van der Waals surface area contributed by atoms with Gasteiger partial charge in [-0.15, -0.1) is 0 Å². The number of rotatable bonds is 6. The van der Waals surface area contributed by atoms with Gasteiger partial charge in [-0.3, -0.25) is 0 Å². The Morgan fingerprint density at radius 2 is 1.74 bits per heavy atom. The van der Waals surface area contributed by atoms with E-state index in [1.54, 1.807) is 0 Å². The van der Waals surface area contributed by atoms with Crippen molar-refractivity contribution in [1.82, 2.24) is 0 Å². The SMILES string of the molecule is Cc1c(-c2ccccc2)coc1CCCO[Si](C)(C)C(C)(C)C. The molecule has 3 heteroatoms. The van der Waals surface area contributed by atoms with Gasteiger partial charge in [-0.25, -0.2) is 0 Å². The van der Waals surface area contributed by atoms with E-state index >= 15 is 0 Å². The zero-order chi connectivity index (χ0) is 17.1. The molecule has 0 atom stereocenters. The third-order valence-corrected chi connectivity index (χ3v) is 9.58. The second-order valence-corrected chi connectivity index (χ2v) is 12.6. The van der Waals surface area contributed by atoms with E-state index in [0.717, 1.165) is 25.2 Å². The summed E-state index contributed by atoms with van der Waals surface area (Å²) in [7, 11) is -1.63. The minimum absolute atomic E-state index is 0.272. The Labute approximate surface area is 142 Å². The molecule has 23 heavy (non-hydrogen) atoms. The summed E-state index contributed by atoms with van der Waals surface area (Å²) in [5, 5.41) is 0.272. The monoisotopic (exact) mass is 330 g/mol. The summed E-state index contributed by atoms with van der Waals surface area (Å²) in [5.41, 5.74) is 3.67. The summed E-state index contributed by atoms with van der Waals surface area (Å²) < 4.78 is 12.0. The molecule has 0 N–H and O–H groups in total. The van der Waals surface area contributed by atoms with Gasteiger partial charge < -0.3 is 8.84 Å². The van der Waals surface area contributed by atoms with E-state index in [2.05, 4.69) is 65.1 Å². The summed E-state index contributed by atoms with van der Waals surface area (Å²) in [5.74, 6) is 1.09. The van der Waals surface area contributed by atoms with Crippen LogP contribution in [0, 0.1) is 6.92 Å². The first kappa shape index (κ1) is 18.0. The zero-order valence-electron chi connectivity index (χ0n) is 15.4. The molecule has 0 aliphatic rings. The Kier molecular flexibility index (Phi) is 5.53. The molecule has 0 aliphatic carbocycles. The lowest BCUT2D eigenvalue weighted by atomic mass is 10.0. The Bertz CT molecular complexity index is 621. The lowest BCUT2D eigenvalue weighted by Crippen LogP contribution is -2.41. The van der Waals surface area contributed by atoms with Crippen LogP contribution in [0.15, 0.2) is 41.0 Å². The van der Waals surface area contributed by atoms with Gasteiger partial charge in [0.1, 0.15) is 5.76 Å². The first-order valence-corrected chi connectivity index (χ1v) is 11.4. The number of hydrogen-bond acceptors (Lipinski definition) is 2. The summed E-state index contributed by atoms with van der Waals surface area (Å²) in [4.78, 5) is 0. The molecule has 2 rings (SSSR count). The maximum Gasteiger partial charge on any atom is 0.191 e. The summed E-state index contributed by atoms with van der Waals surface area (Å²) in [6, 6.07) is 10.4. The van der Waals surface area contributed by atoms with Crippen LogP contribution in [0.1, 0.15) is 38.5 Å². The molecular formula is C20H30O2Si. The van der Waals surface area contributed by atoms with Crippen LogP contribution in [-0.4, -0.2) is 14.9 Å². The van der Waals surface area contributed by atoms with Crippen molar-refractivity contribution in [3.05, 3.63) is 47.9 Å². The van der Waals surface area contributed by atoms with E-state index in [-0.39, 0.29) is 5.04 Å². The van der Waals surface area contributed by atoms with Gasteiger partial charge in [-0.05, 0) is 42.6 Å². The van der Waals surface area contributed by atoms with Crippen molar-refractivity contribution in [3.63, 3.8) is 0 Å². The van der Waals surface area contributed by atoms with Crippen LogP contribution in [0.2, 0.25) is 18.1 Å². The largest absolute Gasteiger partial charge is 0.468 e. The molecule has 0 amide bonds. The first-order chi connectivity index (χ1) is 10.7. The minimum Gasteiger partial charge on any atom is -0.468 e. The standard InChI is InChI=1S/C20H30O2Si/c1-16-18(17-11-8-7-9-12-17)15-21-19(16)13-10-14-22-23(5,6)20(2,3)4/h7-9,11-12,15H,10,13-14H2,1-6H3. The topological polar surface area (TPSA) is 22.4 Å². The molecular weight excluding hydrogens is 300 g/mol. The third-order valence-electron chi connectivity index (χ3n) is 5.04. The summed E-state index contributed by atoms with van der Waals surface area (Å²) in [6.45, 7) is 14.4. The normalized spacial score (nSPS) is 12.6. The lowest BCUT2D eigenvalue weighted by Gasteiger charge is -2.36. The highest BCUT2D eigenvalue weighted by atomic mass is 28.4. The van der Waals surface area contributed by atoms with Crippen molar-refractivity contribution < 1.29 is 8.84 Å². The van der Waals surface area contributed by atoms with Gasteiger partial charge in [-0.2, -0.15) is 0 Å². The van der Waals surface area contributed by atoms with E-state index in [1.807, 2.05) is 12.3 Å². The second kappa shape index (κ2) is 7.06. The van der Waals surface area contributed by atoms with Gasteiger partial charge in [0, 0.05) is 18.6 Å². The van der Waals surface area contributed by atoms with Crippen molar-refractivity contribution in [2.45, 2.75) is 58.7 Å². The van der Waals surface area contributed by atoms with Gasteiger partial charge in [-0.1, -0.05) is 51.1 Å². The Morgan fingerprint density at radius 1 is 1.09 bits per heavy atom. The summed E-state index contributed by atoms with van der Waals surface area (Å²) >= 11 is 0. The summed E-state index contributed by atoms with van der Waals surface area (Å²) in [6.07, 6.45) is 3.83. The fraction of sp³-hybridized carbons (Fsp3) is 0.500. The molecule has 1 heterocycles. The van der Waals surface area contributed by atoms with E-state index in [1.165, 1.54) is 16.7 Å². The van der Waals surface area contributed by atoms with Crippen LogP contribution in [0.25, 0.3) is 11.1 Å². The molecule has 0 saturated carbocycles. The Morgan fingerprint density at radius 3 is 2.35 bits per heavy atom. The molecule has 0 fully saturated rings. The van der Waals surface area contributed by atoms with E-state index in [9.17, 15) is 0 Å². The van der Waals surface area contributed by atoms with E-state index in [4.69, 9.17) is 8.84 Å². The Balaban J connectivity index is 1.92. The third kappa shape index (κ3) is 4.36. The van der Waals surface area contributed by atoms with Crippen molar-refractivity contribution in [3.8, 4) is 11.1 Å². The van der Waals surface area contributed by atoms with Crippen LogP contribution in [0.4, 0.5) is 0 Å². The highest BCUT2D eigenvalue weighted by Crippen LogP contribution is 2.36. The smallest absolute Gasteiger partial charge is 0.191 e. The average Bonchev–Trinajstić information content (AvgIpc) is 2.84. The maximum absolute atomic E-state index is 6.24. The van der Waals surface area contributed by atoms with Crippen LogP contribution in [-0.2, 0) is 10.8 Å². The predicted octanol–water partition coefficient (Wildman–Crippen LogP) is 6.21. The zero-order valence-corrected chi connectivity index (χ0v) is 16.4.